The molecule has 1 aliphatic carbocycles. The number of aryl methyl sites for hydroxylation is 1. The van der Waals surface area contributed by atoms with E-state index >= 15 is 0 Å². The van der Waals surface area contributed by atoms with Gasteiger partial charge in [0.25, 0.3) is 0 Å². The van der Waals surface area contributed by atoms with E-state index in [1.807, 2.05) is 19.1 Å². The molecular formula is C14H16INO2. The number of nitrogens with zero attached hydrogens (tertiary/aromatic N) is 1. The van der Waals surface area contributed by atoms with Crippen molar-refractivity contribution >= 4 is 34.3 Å². The predicted molar refractivity (Wildman–Crippen MR) is 79.8 cm³/mol. The molecule has 18 heavy (non-hydrogen) atoms. The van der Waals surface area contributed by atoms with Crippen molar-refractivity contribution in [1.29, 1.82) is 0 Å². The Labute approximate surface area is 121 Å². The first kappa shape index (κ1) is 13.5. The van der Waals surface area contributed by atoms with Gasteiger partial charge in [0.15, 0.2) is 0 Å². The van der Waals surface area contributed by atoms with Crippen LogP contribution >= 0.6 is 22.6 Å². The monoisotopic (exact) mass is 357 g/mol. The standard InChI is InChI=1S/C14H16INO2/c1-10-7-8-11(9-13(10)15)14(17)18-16-12-5-3-2-4-6-12/h7-9H,2-6H2,1H3. The van der Waals surface area contributed by atoms with Gasteiger partial charge in [-0.25, -0.2) is 4.79 Å². The van der Waals surface area contributed by atoms with Crippen LogP contribution in [0.3, 0.4) is 0 Å². The van der Waals surface area contributed by atoms with Crippen LogP contribution in [0.25, 0.3) is 0 Å². The van der Waals surface area contributed by atoms with Crippen molar-refractivity contribution in [3.05, 3.63) is 32.9 Å². The Hall–Kier alpha value is -0.910. The zero-order valence-corrected chi connectivity index (χ0v) is 12.6. The summed E-state index contributed by atoms with van der Waals surface area (Å²) in [4.78, 5) is 16.8. The molecule has 96 valence electrons. The van der Waals surface area contributed by atoms with Gasteiger partial charge >= 0.3 is 5.97 Å². The lowest BCUT2D eigenvalue weighted by molar-refractivity contribution is 0.0513. The number of carbonyl (C=O) groups is 1. The molecule has 1 fully saturated rings. The number of hydrogen-bond donors (Lipinski definition) is 0. The molecule has 0 radical (unpaired) electrons. The Morgan fingerprint density at radius 3 is 2.67 bits per heavy atom. The molecule has 0 N–H and O–H groups in total. The molecule has 0 unspecified atom stereocenters. The molecule has 2 rings (SSSR count). The van der Waals surface area contributed by atoms with E-state index < -0.39 is 0 Å². The Balaban J connectivity index is 2.00. The van der Waals surface area contributed by atoms with Crippen LogP contribution in [0.5, 0.6) is 0 Å². The van der Waals surface area contributed by atoms with Crippen molar-refractivity contribution in [3.8, 4) is 0 Å². The van der Waals surface area contributed by atoms with Gasteiger partial charge in [-0.05, 0) is 72.9 Å². The van der Waals surface area contributed by atoms with Crippen molar-refractivity contribution in [2.75, 3.05) is 0 Å². The summed E-state index contributed by atoms with van der Waals surface area (Å²) >= 11 is 2.21. The average molecular weight is 357 g/mol. The van der Waals surface area contributed by atoms with Gasteiger partial charge in [0.05, 0.1) is 11.3 Å². The van der Waals surface area contributed by atoms with E-state index in [1.165, 1.54) is 6.42 Å². The van der Waals surface area contributed by atoms with Crippen LogP contribution in [-0.4, -0.2) is 11.7 Å². The van der Waals surface area contributed by atoms with Gasteiger partial charge in [-0.15, -0.1) is 0 Å². The molecule has 1 aromatic carbocycles. The first-order valence-electron chi connectivity index (χ1n) is 6.20. The minimum atomic E-state index is -0.369. The second-order valence-corrected chi connectivity index (χ2v) is 5.72. The van der Waals surface area contributed by atoms with Crippen LogP contribution in [0.2, 0.25) is 0 Å². The highest BCUT2D eigenvalue weighted by Gasteiger charge is 2.11. The van der Waals surface area contributed by atoms with Crippen LogP contribution in [0, 0.1) is 10.5 Å². The molecule has 0 aromatic heterocycles. The minimum absolute atomic E-state index is 0.369. The summed E-state index contributed by atoms with van der Waals surface area (Å²) in [5.74, 6) is -0.369. The van der Waals surface area contributed by atoms with Gasteiger partial charge in [-0.3, -0.25) is 0 Å². The molecule has 0 amide bonds. The number of oxime groups is 1. The van der Waals surface area contributed by atoms with Crippen LogP contribution in [-0.2, 0) is 4.84 Å². The van der Waals surface area contributed by atoms with Crippen LogP contribution in [0.4, 0.5) is 0 Å². The summed E-state index contributed by atoms with van der Waals surface area (Å²) in [5, 5.41) is 3.98. The molecule has 0 bridgehead atoms. The number of halogens is 1. The SMILES string of the molecule is Cc1ccc(C(=O)ON=C2CCCCC2)cc1I. The van der Waals surface area contributed by atoms with Gasteiger partial charge in [-0.2, -0.15) is 0 Å². The zero-order valence-electron chi connectivity index (χ0n) is 10.4. The van der Waals surface area contributed by atoms with Crippen LogP contribution in [0.1, 0.15) is 48.0 Å². The molecule has 0 heterocycles. The van der Waals surface area contributed by atoms with Gasteiger partial charge in [0, 0.05) is 3.57 Å². The number of benzene rings is 1. The summed E-state index contributed by atoms with van der Waals surface area (Å²) in [6.45, 7) is 2.01. The van der Waals surface area contributed by atoms with E-state index in [0.29, 0.717) is 5.56 Å². The average Bonchev–Trinajstić information content (AvgIpc) is 2.40. The van der Waals surface area contributed by atoms with Gasteiger partial charge in [0.2, 0.25) is 0 Å². The maximum atomic E-state index is 11.8. The highest BCUT2D eigenvalue weighted by Crippen LogP contribution is 2.16. The van der Waals surface area contributed by atoms with Gasteiger partial charge in [0.1, 0.15) is 0 Å². The fourth-order valence-corrected chi connectivity index (χ4v) is 2.45. The molecule has 1 saturated carbocycles. The van der Waals surface area contributed by atoms with E-state index in [4.69, 9.17) is 4.84 Å². The number of hydrogen-bond acceptors (Lipinski definition) is 3. The fourth-order valence-electron chi connectivity index (χ4n) is 1.93. The minimum Gasteiger partial charge on any atom is -0.313 e. The van der Waals surface area contributed by atoms with Crippen LogP contribution < -0.4 is 0 Å². The van der Waals surface area contributed by atoms with Crippen molar-refractivity contribution in [2.45, 2.75) is 39.0 Å². The topological polar surface area (TPSA) is 38.7 Å². The second kappa shape index (κ2) is 6.31. The zero-order chi connectivity index (χ0) is 13.0. The lowest BCUT2D eigenvalue weighted by Gasteiger charge is -2.11. The fraction of sp³-hybridized carbons (Fsp3) is 0.429. The highest BCUT2D eigenvalue weighted by molar-refractivity contribution is 14.1. The largest absolute Gasteiger partial charge is 0.365 e. The van der Waals surface area contributed by atoms with E-state index in [2.05, 4.69) is 27.7 Å². The van der Waals surface area contributed by atoms with Crippen molar-refractivity contribution < 1.29 is 9.63 Å². The summed E-state index contributed by atoms with van der Waals surface area (Å²) in [5.41, 5.74) is 2.73. The van der Waals surface area contributed by atoms with Gasteiger partial charge < -0.3 is 4.84 Å². The number of rotatable bonds is 2. The molecule has 4 heteroatoms. The Morgan fingerprint density at radius 2 is 2.00 bits per heavy atom. The summed E-state index contributed by atoms with van der Waals surface area (Å²) in [6.07, 6.45) is 5.47. The molecule has 3 nitrogen and oxygen atoms in total. The lowest BCUT2D eigenvalue weighted by atomic mass is 9.99. The summed E-state index contributed by atoms with van der Waals surface area (Å²) in [7, 11) is 0. The predicted octanol–water partition coefficient (Wildman–Crippen LogP) is 4.08. The van der Waals surface area contributed by atoms with E-state index in [1.54, 1.807) is 6.07 Å². The van der Waals surface area contributed by atoms with Crippen molar-refractivity contribution in [1.82, 2.24) is 0 Å². The molecular weight excluding hydrogens is 341 g/mol. The van der Waals surface area contributed by atoms with Crippen molar-refractivity contribution in [3.63, 3.8) is 0 Å². The molecule has 1 aromatic rings. The van der Waals surface area contributed by atoms with E-state index in [-0.39, 0.29) is 5.97 Å². The molecule has 1 aliphatic rings. The lowest BCUT2D eigenvalue weighted by Crippen LogP contribution is -2.08. The quantitative estimate of drug-likeness (QED) is 0.455. The molecule has 0 atom stereocenters. The third-order valence-corrected chi connectivity index (χ3v) is 4.26. The highest BCUT2D eigenvalue weighted by atomic mass is 127. The third-order valence-electron chi connectivity index (χ3n) is 3.10. The smallest absolute Gasteiger partial charge is 0.313 e. The summed E-state index contributed by atoms with van der Waals surface area (Å²) in [6, 6.07) is 5.53. The third kappa shape index (κ3) is 3.54. The van der Waals surface area contributed by atoms with Crippen LogP contribution in [0.15, 0.2) is 23.4 Å². The maximum absolute atomic E-state index is 11.8. The summed E-state index contributed by atoms with van der Waals surface area (Å²) < 4.78 is 1.06. The molecule has 0 spiro atoms. The first-order valence-corrected chi connectivity index (χ1v) is 7.28. The maximum Gasteiger partial charge on any atom is 0.365 e. The van der Waals surface area contributed by atoms with Gasteiger partial charge in [-0.1, -0.05) is 17.6 Å². The second-order valence-electron chi connectivity index (χ2n) is 4.56. The Bertz CT molecular complexity index is 475. The molecule has 0 aliphatic heterocycles. The van der Waals surface area contributed by atoms with E-state index in [0.717, 1.165) is 40.5 Å². The number of carbonyl (C=O) groups excluding carboxylic acids is 1. The normalized spacial score (nSPS) is 15.3. The Morgan fingerprint density at radius 1 is 1.28 bits per heavy atom. The van der Waals surface area contributed by atoms with E-state index in [9.17, 15) is 4.79 Å². The Kier molecular flexibility index (Phi) is 4.74. The molecule has 0 saturated heterocycles. The first-order chi connectivity index (χ1) is 8.66. The van der Waals surface area contributed by atoms with Crippen molar-refractivity contribution in [2.24, 2.45) is 5.16 Å².